The minimum absolute atomic E-state index is 0.0440. The smallest absolute Gasteiger partial charge is 0.264 e. The highest BCUT2D eigenvalue weighted by molar-refractivity contribution is 7.92. The Hall–Kier alpha value is -3.65. The van der Waals surface area contributed by atoms with Gasteiger partial charge in [-0.25, -0.2) is 8.42 Å². The molecule has 0 fully saturated rings. The molecule has 7 nitrogen and oxygen atoms in total. The van der Waals surface area contributed by atoms with Gasteiger partial charge in [0, 0.05) is 12.6 Å². The Kier molecular flexibility index (Phi) is 11.5. The van der Waals surface area contributed by atoms with Gasteiger partial charge in [0.2, 0.25) is 11.8 Å². The number of sulfonamides is 1. The summed E-state index contributed by atoms with van der Waals surface area (Å²) >= 11 is 0. The van der Waals surface area contributed by atoms with Crippen LogP contribution in [0.1, 0.15) is 57.2 Å². The van der Waals surface area contributed by atoms with Crippen molar-refractivity contribution in [1.29, 1.82) is 0 Å². The Balaban J connectivity index is 2.04. The number of rotatable bonds is 14. The molecule has 41 heavy (non-hydrogen) atoms. The van der Waals surface area contributed by atoms with Crippen LogP contribution in [0, 0.1) is 6.92 Å². The normalized spacial score (nSPS) is 12.8. The van der Waals surface area contributed by atoms with Gasteiger partial charge in [-0.1, -0.05) is 87.0 Å². The first-order valence-electron chi connectivity index (χ1n) is 14.4. The van der Waals surface area contributed by atoms with E-state index in [1.54, 1.807) is 41.3 Å². The van der Waals surface area contributed by atoms with E-state index in [1.807, 2.05) is 77.1 Å². The molecule has 0 saturated heterocycles. The molecule has 0 saturated carbocycles. The predicted molar refractivity (Wildman–Crippen MR) is 165 cm³/mol. The molecule has 3 aromatic rings. The summed E-state index contributed by atoms with van der Waals surface area (Å²) in [6.45, 7) is 9.50. The molecule has 0 spiro atoms. The average molecular weight is 578 g/mol. The second-order valence-electron chi connectivity index (χ2n) is 10.4. The first kappa shape index (κ1) is 31.9. The lowest BCUT2D eigenvalue weighted by Crippen LogP contribution is -2.54. The highest BCUT2D eigenvalue weighted by Gasteiger charge is 2.34. The van der Waals surface area contributed by atoms with Gasteiger partial charge in [0.1, 0.15) is 12.6 Å². The van der Waals surface area contributed by atoms with Crippen molar-refractivity contribution >= 4 is 27.5 Å². The van der Waals surface area contributed by atoms with Gasteiger partial charge in [0.25, 0.3) is 10.0 Å². The number of carbonyl (C=O) groups excluding carboxylic acids is 2. The van der Waals surface area contributed by atoms with Crippen molar-refractivity contribution in [2.75, 3.05) is 17.4 Å². The lowest BCUT2D eigenvalue weighted by molar-refractivity contribution is -0.139. The second kappa shape index (κ2) is 14.8. The third-order valence-electron chi connectivity index (χ3n) is 7.40. The maximum atomic E-state index is 14.2. The first-order chi connectivity index (χ1) is 19.6. The van der Waals surface area contributed by atoms with Crippen LogP contribution in [0.25, 0.3) is 0 Å². The Morgan fingerprint density at radius 2 is 1.49 bits per heavy atom. The van der Waals surface area contributed by atoms with Crippen LogP contribution in [0.15, 0.2) is 83.8 Å². The summed E-state index contributed by atoms with van der Waals surface area (Å²) < 4.78 is 29.4. The zero-order chi connectivity index (χ0) is 30.0. The molecular weight excluding hydrogens is 534 g/mol. The fourth-order valence-electron chi connectivity index (χ4n) is 4.74. The zero-order valence-corrected chi connectivity index (χ0v) is 25.7. The van der Waals surface area contributed by atoms with E-state index < -0.39 is 28.5 Å². The molecule has 0 aliphatic carbocycles. The number of nitrogens with zero attached hydrogens (tertiary/aromatic N) is 2. The Bertz CT molecular complexity index is 1390. The molecule has 0 aliphatic heterocycles. The van der Waals surface area contributed by atoms with Crippen molar-refractivity contribution in [1.82, 2.24) is 10.2 Å². The van der Waals surface area contributed by atoms with E-state index in [0.717, 1.165) is 23.1 Å². The molecular formula is C33H43N3O4S. The SMILES string of the molecule is CCc1ccccc1N(CC(=O)N(CCc1ccccc1)[C@@H](CC)C(=O)N[C@H](C)CC)S(=O)(=O)c1ccc(C)cc1. The molecule has 2 atom stereocenters. The maximum Gasteiger partial charge on any atom is 0.264 e. The lowest BCUT2D eigenvalue weighted by Gasteiger charge is -2.34. The summed E-state index contributed by atoms with van der Waals surface area (Å²) in [5.41, 5.74) is 3.24. The van der Waals surface area contributed by atoms with Crippen molar-refractivity contribution in [3.63, 3.8) is 0 Å². The van der Waals surface area contributed by atoms with E-state index in [4.69, 9.17) is 0 Å². The van der Waals surface area contributed by atoms with Crippen molar-refractivity contribution in [2.45, 2.75) is 77.3 Å². The summed E-state index contributed by atoms with van der Waals surface area (Å²) in [5.74, 6) is -0.654. The van der Waals surface area contributed by atoms with Gasteiger partial charge in [-0.05, 0) is 68.9 Å². The molecule has 3 aromatic carbocycles. The van der Waals surface area contributed by atoms with Gasteiger partial charge >= 0.3 is 0 Å². The summed E-state index contributed by atoms with van der Waals surface area (Å²) in [6.07, 6.45) is 2.29. The first-order valence-corrected chi connectivity index (χ1v) is 15.9. The molecule has 0 heterocycles. The van der Waals surface area contributed by atoms with E-state index in [1.165, 1.54) is 4.31 Å². The highest BCUT2D eigenvalue weighted by atomic mass is 32.2. The minimum atomic E-state index is -4.09. The van der Waals surface area contributed by atoms with Crippen LogP contribution in [0.2, 0.25) is 0 Å². The van der Waals surface area contributed by atoms with E-state index in [2.05, 4.69) is 5.32 Å². The largest absolute Gasteiger partial charge is 0.352 e. The van der Waals surface area contributed by atoms with E-state index in [-0.39, 0.29) is 23.4 Å². The number of amides is 2. The number of anilines is 1. The van der Waals surface area contributed by atoms with Gasteiger partial charge in [-0.15, -0.1) is 0 Å². The van der Waals surface area contributed by atoms with E-state index in [0.29, 0.717) is 24.9 Å². The quantitative estimate of drug-likeness (QED) is 0.274. The Morgan fingerprint density at radius 1 is 0.854 bits per heavy atom. The molecule has 0 aliphatic rings. The van der Waals surface area contributed by atoms with Crippen LogP contribution in [-0.4, -0.2) is 50.3 Å². The van der Waals surface area contributed by atoms with E-state index in [9.17, 15) is 18.0 Å². The third kappa shape index (κ3) is 8.19. The number of aryl methyl sites for hydroxylation is 2. The van der Waals surface area contributed by atoms with Gasteiger partial charge < -0.3 is 10.2 Å². The van der Waals surface area contributed by atoms with Crippen LogP contribution < -0.4 is 9.62 Å². The fourth-order valence-corrected chi connectivity index (χ4v) is 6.19. The van der Waals surface area contributed by atoms with Crippen molar-refractivity contribution in [3.05, 3.63) is 95.6 Å². The lowest BCUT2D eigenvalue weighted by atomic mass is 10.1. The summed E-state index contributed by atoms with van der Waals surface area (Å²) in [7, 11) is -4.09. The second-order valence-corrected chi connectivity index (χ2v) is 12.2. The molecule has 8 heteroatoms. The van der Waals surface area contributed by atoms with Crippen LogP contribution in [-0.2, 0) is 32.5 Å². The monoisotopic (exact) mass is 577 g/mol. The molecule has 0 bridgehead atoms. The van der Waals surface area contributed by atoms with Crippen molar-refractivity contribution in [2.24, 2.45) is 0 Å². The fraction of sp³-hybridized carbons (Fsp3) is 0.394. The third-order valence-corrected chi connectivity index (χ3v) is 9.17. The maximum absolute atomic E-state index is 14.2. The zero-order valence-electron chi connectivity index (χ0n) is 24.8. The topological polar surface area (TPSA) is 86.8 Å². The molecule has 0 unspecified atom stereocenters. The number of benzene rings is 3. The molecule has 0 aromatic heterocycles. The number of carbonyl (C=O) groups is 2. The number of hydrogen-bond acceptors (Lipinski definition) is 4. The van der Waals surface area contributed by atoms with Crippen molar-refractivity contribution in [3.8, 4) is 0 Å². The van der Waals surface area contributed by atoms with E-state index >= 15 is 0 Å². The molecule has 0 radical (unpaired) electrons. The summed E-state index contributed by atoms with van der Waals surface area (Å²) in [6, 6.07) is 22.9. The average Bonchev–Trinajstić information content (AvgIpc) is 2.98. The molecule has 3 rings (SSSR count). The summed E-state index contributed by atoms with van der Waals surface area (Å²) in [4.78, 5) is 29.2. The molecule has 2 amide bonds. The van der Waals surface area contributed by atoms with Crippen LogP contribution in [0.4, 0.5) is 5.69 Å². The van der Waals surface area contributed by atoms with Gasteiger partial charge in [-0.3, -0.25) is 13.9 Å². The number of nitrogens with one attached hydrogen (secondary N) is 1. The number of para-hydroxylation sites is 1. The van der Waals surface area contributed by atoms with Crippen LogP contribution >= 0.6 is 0 Å². The minimum Gasteiger partial charge on any atom is -0.352 e. The molecule has 1 N–H and O–H groups in total. The van der Waals surface area contributed by atoms with Gasteiger partial charge in [0.15, 0.2) is 0 Å². The van der Waals surface area contributed by atoms with Crippen LogP contribution in [0.3, 0.4) is 0 Å². The van der Waals surface area contributed by atoms with Gasteiger partial charge in [0.05, 0.1) is 10.6 Å². The summed E-state index contributed by atoms with van der Waals surface area (Å²) in [5, 5.41) is 3.01. The Morgan fingerprint density at radius 3 is 2.10 bits per heavy atom. The highest BCUT2D eigenvalue weighted by Crippen LogP contribution is 2.28. The Labute approximate surface area is 245 Å². The van der Waals surface area contributed by atoms with Gasteiger partial charge in [-0.2, -0.15) is 0 Å². The van der Waals surface area contributed by atoms with Crippen molar-refractivity contribution < 1.29 is 18.0 Å². The number of hydrogen-bond donors (Lipinski definition) is 1. The van der Waals surface area contributed by atoms with Crippen LogP contribution in [0.5, 0.6) is 0 Å². The predicted octanol–water partition coefficient (Wildman–Crippen LogP) is 5.52. The standard InChI is InChI=1S/C33H43N3O4S/c1-6-26(5)34-33(38)30(8-3)35(23-22-27-14-10-9-11-15-27)32(37)24-36(31-17-13-12-16-28(31)7-2)41(39,40)29-20-18-25(4)19-21-29/h9-21,26,30H,6-8,22-24H2,1-5H3,(H,34,38)/t26-,30+/m1/s1. The molecule has 220 valence electrons.